The molecule has 0 saturated heterocycles. The topological polar surface area (TPSA) is 171 Å². The molecule has 10 nitrogen and oxygen atoms in total. The average molecular weight is 363 g/mol. The van der Waals surface area contributed by atoms with Gasteiger partial charge in [-0.3, -0.25) is 14.9 Å². The molecular formula is C14H13N5O5S. The summed E-state index contributed by atoms with van der Waals surface area (Å²) < 4.78 is 26.7. The molecule has 0 fully saturated rings. The van der Waals surface area contributed by atoms with Gasteiger partial charge in [-0.15, -0.1) is 4.40 Å². The van der Waals surface area contributed by atoms with Gasteiger partial charge >= 0.3 is 0 Å². The minimum Gasteiger partial charge on any atom is -0.369 e. The summed E-state index contributed by atoms with van der Waals surface area (Å²) in [6.45, 7) is 0. The minimum atomic E-state index is -4.02. The maximum Gasteiger partial charge on any atom is 0.285 e. The van der Waals surface area contributed by atoms with Crippen LogP contribution in [0.1, 0.15) is 10.4 Å². The number of benzene rings is 2. The van der Waals surface area contributed by atoms with Gasteiger partial charge in [0.1, 0.15) is 0 Å². The van der Waals surface area contributed by atoms with Crippen LogP contribution in [0.15, 0.2) is 57.8 Å². The molecule has 2 rings (SSSR count). The molecule has 0 bridgehead atoms. The summed E-state index contributed by atoms with van der Waals surface area (Å²) in [5.41, 5.74) is 10.3. The maximum absolute atomic E-state index is 12.1. The van der Waals surface area contributed by atoms with Gasteiger partial charge in [0.25, 0.3) is 21.6 Å². The highest BCUT2D eigenvalue weighted by molar-refractivity contribution is 7.90. The maximum atomic E-state index is 12.1. The van der Waals surface area contributed by atoms with E-state index in [4.69, 9.17) is 11.5 Å². The van der Waals surface area contributed by atoms with Gasteiger partial charge in [-0.1, -0.05) is 6.07 Å². The molecule has 2 aromatic rings. The number of rotatable bonds is 5. The highest BCUT2D eigenvalue weighted by atomic mass is 32.2. The van der Waals surface area contributed by atoms with E-state index in [2.05, 4.69) is 9.71 Å². The van der Waals surface area contributed by atoms with Crippen molar-refractivity contribution in [3.8, 4) is 0 Å². The van der Waals surface area contributed by atoms with Crippen molar-refractivity contribution in [3.63, 3.8) is 0 Å². The number of hydrogen-bond donors (Lipinski definition) is 3. The SMILES string of the molecule is NC(N)=NS(=O)(=O)c1ccc(NC(=O)c2cccc([N+](=O)[O-])c2)cc1. The van der Waals surface area contributed by atoms with E-state index in [0.29, 0.717) is 5.69 Å². The van der Waals surface area contributed by atoms with Gasteiger partial charge in [-0.25, -0.2) is 0 Å². The molecule has 130 valence electrons. The van der Waals surface area contributed by atoms with Crippen molar-refractivity contribution in [1.29, 1.82) is 0 Å². The Balaban J connectivity index is 2.19. The van der Waals surface area contributed by atoms with Crippen molar-refractivity contribution in [1.82, 2.24) is 0 Å². The highest BCUT2D eigenvalue weighted by Gasteiger charge is 2.14. The van der Waals surface area contributed by atoms with Crippen LogP contribution in [0.3, 0.4) is 0 Å². The standard InChI is InChI=1S/C14H13N5O5S/c15-14(16)18-25(23,24)12-6-4-10(5-7-12)17-13(20)9-2-1-3-11(8-9)19(21)22/h1-8H,(H,17,20)(H4,15,16,18). The number of anilines is 1. The zero-order chi connectivity index (χ0) is 18.6. The van der Waals surface area contributed by atoms with Crippen LogP contribution in [0.5, 0.6) is 0 Å². The first-order valence-electron chi connectivity index (χ1n) is 6.71. The van der Waals surface area contributed by atoms with Gasteiger partial charge in [-0.05, 0) is 30.3 Å². The van der Waals surface area contributed by atoms with Crippen molar-refractivity contribution in [2.75, 3.05) is 5.32 Å². The van der Waals surface area contributed by atoms with Crippen LogP contribution in [-0.4, -0.2) is 25.2 Å². The smallest absolute Gasteiger partial charge is 0.285 e. The van der Waals surface area contributed by atoms with Crippen LogP contribution in [-0.2, 0) is 10.0 Å². The van der Waals surface area contributed by atoms with Crippen molar-refractivity contribution < 1.29 is 18.1 Å². The number of carbonyl (C=O) groups excluding carboxylic acids is 1. The van der Waals surface area contributed by atoms with Crippen LogP contribution >= 0.6 is 0 Å². The van der Waals surface area contributed by atoms with Gasteiger partial charge in [0.2, 0.25) is 5.96 Å². The second-order valence-corrected chi connectivity index (χ2v) is 6.38. The van der Waals surface area contributed by atoms with Gasteiger partial charge in [-0.2, -0.15) is 8.42 Å². The lowest BCUT2D eigenvalue weighted by Crippen LogP contribution is -2.24. The van der Waals surface area contributed by atoms with Crippen LogP contribution in [0.2, 0.25) is 0 Å². The Morgan fingerprint density at radius 2 is 1.76 bits per heavy atom. The number of hydrogen-bond acceptors (Lipinski definition) is 5. The summed E-state index contributed by atoms with van der Waals surface area (Å²) in [6, 6.07) is 10.3. The first kappa shape index (κ1) is 17.9. The van der Waals surface area contributed by atoms with E-state index in [1.165, 1.54) is 42.5 Å². The lowest BCUT2D eigenvalue weighted by atomic mass is 10.2. The fourth-order valence-electron chi connectivity index (χ4n) is 1.87. The van der Waals surface area contributed by atoms with E-state index >= 15 is 0 Å². The number of non-ortho nitro benzene ring substituents is 1. The number of nitrogens with one attached hydrogen (secondary N) is 1. The van der Waals surface area contributed by atoms with Crippen molar-refractivity contribution in [2.24, 2.45) is 15.9 Å². The molecule has 0 unspecified atom stereocenters. The Morgan fingerprint density at radius 3 is 2.32 bits per heavy atom. The molecule has 0 radical (unpaired) electrons. The minimum absolute atomic E-state index is 0.0893. The Morgan fingerprint density at radius 1 is 1.12 bits per heavy atom. The summed E-state index contributed by atoms with van der Waals surface area (Å²) >= 11 is 0. The Kier molecular flexibility index (Phi) is 4.98. The first-order valence-corrected chi connectivity index (χ1v) is 8.15. The molecule has 0 aliphatic heterocycles. The van der Waals surface area contributed by atoms with Crippen LogP contribution in [0.4, 0.5) is 11.4 Å². The largest absolute Gasteiger partial charge is 0.369 e. The molecule has 0 aliphatic carbocycles. The number of nitrogens with two attached hydrogens (primary N) is 2. The van der Waals surface area contributed by atoms with Crippen molar-refractivity contribution >= 4 is 33.3 Å². The molecule has 0 aromatic heterocycles. The number of guanidine groups is 1. The third-order valence-electron chi connectivity index (χ3n) is 2.95. The molecule has 0 heterocycles. The summed E-state index contributed by atoms with van der Waals surface area (Å²) in [5, 5.41) is 13.2. The fourth-order valence-corrected chi connectivity index (χ4v) is 2.73. The normalized spacial score (nSPS) is 10.7. The first-order chi connectivity index (χ1) is 11.7. The van der Waals surface area contributed by atoms with Gasteiger partial charge < -0.3 is 16.8 Å². The molecule has 0 atom stereocenters. The predicted molar refractivity (Wildman–Crippen MR) is 90.5 cm³/mol. The van der Waals surface area contributed by atoms with Crippen LogP contribution in [0.25, 0.3) is 0 Å². The Labute approximate surface area is 142 Å². The van der Waals surface area contributed by atoms with Crippen molar-refractivity contribution in [3.05, 3.63) is 64.2 Å². The van der Waals surface area contributed by atoms with Gasteiger partial charge in [0.05, 0.1) is 9.82 Å². The molecule has 2 aromatic carbocycles. The zero-order valence-corrected chi connectivity index (χ0v) is 13.4. The average Bonchev–Trinajstić information content (AvgIpc) is 2.54. The van der Waals surface area contributed by atoms with E-state index in [9.17, 15) is 23.3 Å². The van der Waals surface area contributed by atoms with Gasteiger partial charge in [0.15, 0.2) is 0 Å². The summed E-state index contributed by atoms with van der Waals surface area (Å²) in [5.74, 6) is -1.17. The summed E-state index contributed by atoms with van der Waals surface area (Å²) in [7, 11) is -4.02. The third kappa shape index (κ3) is 4.51. The monoisotopic (exact) mass is 363 g/mol. The van der Waals surface area contributed by atoms with E-state index < -0.39 is 26.8 Å². The van der Waals surface area contributed by atoms with E-state index in [-0.39, 0.29) is 16.1 Å². The molecule has 11 heteroatoms. The second kappa shape index (κ2) is 6.97. The quantitative estimate of drug-likeness (QED) is 0.305. The predicted octanol–water partition coefficient (Wildman–Crippen LogP) is 0.809. The number of carbonyl (C=O) groups is 1. The summed E-state index contributed by atoms with van der Waals surface area (Å²) in [4.78, 5) is 22.1. The molecule has 0 saturated carbocycles. The number of nitro benzene ring substituents is 1. The fraction of sp³-hybridized carbons (Fsp3) is 0. The lowest BCUT2D eigenvalue weighted by molar-refractivity contribution is -0.384. The number of nitrogens with zero attached hydrogens (tertiary/aromatic N) is 2. The van der Waals surface area contributed by atoms with Crippen LogP contribution < -0.4 is 16.8 Å². The number of sulfonamides is 1. The van der Waals surface area contributed by atoms with Crippen molar-refractivity contribution in [2.45, 2.75) is 4.90 Å². The summed E-state index contributed by atoms with van der Waals surface area (Å²) in [6.07, 6.45) is 0. The van der Waals surface area contributed by atoms with Crippen LogP contribution in [0, 0.1) is 10.1 Å². The molecule has 0 spiro atoms. The van der Waals surface area contributed by atoms with Gasteiger partial charge in [0, 0.05) is 23.4 Å². The molecular weight excluding hydrogens is 350 g/mol. The zero-order valence-electron chi connectivity index (χ0n) is 12.6. The Hall–Kier alpha value is -3.47. The number of amides is 1. The molecule has 1 amide bonds. The second-order valence-electron chi connectivity index (χ2n) is 4.78. The molecule has 5 N–H and O–H groups in total. The number of nitro groups is 1. The third-order valence-corrected chi connectivity index (χ3v) is 4.27. The van der Waals surface area contributed by atoms with E-state index in [0.717, 1.165) is 6.07 Å². The highest BCUT2D eigenvalue weighted by Crippen LogP contribution is 2.18. The molecule has 0 aliphatic rings. The Bertz CT molecular complexity index is 950. The lowest BCUT2D eigenvalue weighted by Gasteiger charge is -2.06. The molecule has 25 heavy (non-hydrogen) atoms. The van der Waals surface area contributed by atoms with E-state index in [1.54, 1.807) is 0 Å². The van der Waals surface area contributed by atoms with E-state index in [1.807, 2.05) is 0 Å².